The average Bonchev–Trinajstić information content (AvgIpc) is 2.73. The minimum Gasteiger partial charge on any atom is -0.497 e. The van der Waals surface area contributed by atoms with E-state index in [4.69, 9.17) is 4.74 Å². The maximum atomic E-state index is 12.8. The van der Waals surface area contributed by atoms with Crippen molar-refractivity contribution in [1.82, 2.24) is 9.21 Å². The van der Waals surface area contributed by atoms with Gasteiger partial charge in [0.25, 0.3) is 0 Å². The van der Waals surface area contributed by atoms with Crippen molar-refractivity contribution in [2.45, 2.75) is 24.7 Å². The number of benzene rings is 2. The lowest BCUT2D eigenvalue weighted by Crippen LogP contribution is -2.50. The van der Waals surface area contributed by atoms with E-state index in [-0.39, 0.29) is 10.8 Å². The standard InChI is InChI=1S/C21H26N2O4S/c1-17-3-5-18(6-4-17)7-12-21(24)22-13-15-23(16-14-22)28(25,26)20-10-8-19(27-2)9-11-20/h3-6,8-11H,7,12-16H2,1-2H3. The summed E-state index contributed by atoms with van der Waals surface area (Å²) in [7, 11) is -2.02. The molecule has 28 heavy (non-hydrogen) atoms. The Morgan fingerprint density at radius 2 is 1.57 bits per heavy atom. The van der Waals surface area contributed by atoms with E-state index in [0.717, 1.165) is 5.56 Å². The van der Waals surface area contributed by atoms with E-state index in [9.17, 15) is 13.2 Å². The summed E-state index contributed by atoms with van der Waals surface area (Å²) in [6.07, 6.45) is 1.14. The van der Waals surface area contributed by atoms with Gasteiger partial charge in [0, 0.05) is 32.6 Å². The zero-order chi connectivity index (χ0) is 20.1. The number of carbonyl (C=O) groups excluding carboxylic acids is 1. The summed E-state index contributed by atoms with van der Waals surface area (Å²) >= 11 is 0. The van der Waals surface area contributed by atoms with Crippen molar-refractivity contribution in [2.75, 3.05) is 33.3 Å². The zero-order valence-corrected chi connectivity index (χ0v) is 17.1. The van der Waals surface area contributed by atoms with Gasteiger partial charge in [0.2, 0.25) is 15.9 Å². The van der Waals surface area contributed by atoms with E-state index in [1.54, 1.807) is 36.3 Å². The number of hydrogen-bond acceptors (Lipinski definition) is 4. The molecule has 0 atom stereocenters. The van der Waals surface area contributed by atoms with Gasteiger partial charge in [0.1, 0.15) is 5.75 Å². The van der Waals surface area contributed by atoms with Crippen LogP contribution in [0.5, 0.6) is 5.75 Å². The van der Waals surface area contributed by atoms with Crippen LogP contribution in [0.3, 0.4) is 0 Å². The summed E-state index contributed by atoms with van der Waals surface area (Å²) in [5.41, 5.74) is 2.34. The molecule has 0 aromatic heterocycles. The highest BCUT2D eigenvalue weighted by molar-refractivity contribution is 7.89. The van der Waals surface area contributed by atoms with Crippen molar-refractivity contribution >= 4 is 15.9 Å². The first kappa shape index (κ1) is 20.4. The molecule has 2 aromatic rings. The van der Waals surface area contributed by atoms with E-state index in [0.29, 0.717) is 44.8 Å². The summed E-state index contributed by atoms with van der Waals surface area (Å²) in [6.45, 7) is 3.49. The van der Waals surface area contributed by atoms with Crippen molar-refractivity contribution in [2.24, 2.45) is 0 Å². The van der Waals surface area contributed by atoms with Crippen LogP contribution in [-0.2, 0) is 21.2 Å². The third kappa shape index (κ3) is 4.72. The van der Waals surface area contributed by atoms with E-state index < -0.39 is 10.0 Å². The maximum Gasteiger partial charge on any atom is 0.243 e. The number of hydrogen-bond donors (Lipinski definition) is 0. The van der Waals surface area contributed by atoms with Gasteiger partial charge in [-0.3, -0.25) is 4.79 Å². The Hall–Kier alpha value is -2.38. The molecule has 1 heterocycles. The summed E-state index contributed by atoms with van der Waals surface area (Å²) in [5.74, 6) is 0.685. The molecule has 2 aromatic carbocycles. The number of carbonyl (C=O) groups is 1. The third-order valence-corrected chi connectivity index (χ3v) is 6.95. The molecule has 1 aliphatic rings. The molecule has 7 heteroatoms. The molecule has 0 aliphatic carbocycles. The van der Waals surface area contributed by atoms with Crippen molar-refractivity contribution in [3.63, 3.8) is 0 Å². The van der Waals surface area contributed by atoms with Gasteiger partial charge in [-0.25, -0.2) is 8.42 Å². The number of sulfonamides is 1. The monoisotopic (exact) mass is 402 g/mol. The van der Waals surface area contributed by atoms with E-state index >= 15 is 0 Å². The Bertz CT molecular complexity index is 900. The van der Waals surface area contributed by atoms with Crippen molar-refractivity contribution < 1.29 is 17.9 Å². The van der Waals surface area contributed by atoms with Gasteiger partial charge in [-0.2, -0.15) is 4.31 Å². The lowest BCUT2D eigenvalue weighted by Gasteiger charge is -2.34. The molecule has 1 aliphatic heterocycles. The van der Waals surface area contributed by atoms with Crippen LogP contribution in [0, 0.1) is 6.92 Å². The molecule has 1 saturated heterocycles. The molecule has 3 rings (SSSR count). The van der Waals surface area contributed by atoms with Crippen LogP contribution < -0.4 is 4.74 Å². The summed E-state index contributed by atoms with van der Waals surface area (Å²) in [4.78, 5) is 14.5. The number of aryl methyl sites for hydroxylation is 2. The van der Waals surface area contributed by atoms with Crippen LogP contribution in [0.2, 0.25) is 0 Å². The highest BCUT2D eigenvalue weighted by Crippen LogP contribution is 2.21. The largest absolute Gasteiger partial charge is 0.497 e. The molecule has 1 amide bonds. The number of nitrogens with zero attached hydrogens (tertiary/aromatic N) is 2. The van der Waals surface area contributed by atoms with Crippen molar-refractivity contribution in [1.29, 1.82) is 0 Å². The highest BCUT2D eigenvalue weighted by Gasteiger charge is 2.29. The molecular formula is C21H26N2O4S. The molecule has 150 valence electrons. The van der Waals surface area contributed by atoms with Crippen LogP contribution in [0.25, 0.3) is 0 Å². The Balaban J connectivity index is 1.54. The second kappa shape index (κ2) is 8.75. The SMILES string of the molecule is COc1ccc(S(=O)(=O)N2CCN(C(=O)CCc3ccc(C)cc3)CC2)cc1. The molecule has 0 spiro atoms. The molecule has 6 nitrogen and oxygen atoms in total. The van der Waals surface area contributed by atoms with Gasteiger partial charge in [-0.05, 0) is 43.2 Å². The molecule has 0 radical (unpaired) electrons. The Labute approximate surface area is 166 Å². The topological polar surface area (TPSA) is 66.9 Å². The molecule has 0 unspecified atom stereocenters. The van der Waals surface area contributed by atoms with Crippen LogP contribution in [-0.4, -0.2) is 56.8 Å². The van der Waals surface area contributed by atoms with Gasteiger partial charge in [0.15, 0.2) is 0 Å². The van der Waals surface area contributed by atoms with Gasteiger partial charge >= 0.3 is 0 Å². The third-order valence-electron chi connectivity index (χ3n) is 5.04. The Morgan fingerprint density at radius 1 is 0.964 bits per heavy atom. The second-order valence-corrected chi connectivity index (χ2v) is 8.88. The van der Waals surface area contributed by atoms with E-state index in [1.807, 2.05) is 31.2 Å². The van der Waals surface area contributed by atoms with Gasteiger partial charge in [0.05, 0.1) is 12.0 Å². The minimum absolute atomic E-state index is 0.0714. The summed E-state index contributed by atoms with van der Waals surface area (Å²) in [6, 6.07) is 14.5. The normalized spacial score (nSPS) is 15.4. The highest BCUT2D eigenvalue weighted by atomic mass is 32.2. The zero-order valence-electron chi connectivity index (χ0n) is 16.3. The predicted molar refractivity (Wildman–Crippen MR) is 108 cm³/mol. The fourth-order valence-corrected chi connectivity index (χ4v) is 4.66. The lowest BCUT2D eigenvalue weighted by molar-refractivity contribution is -0.132. The lowest BCUT2D eigenvalue weighted by atomic mass is 10.1. The van der Waals surface area contributed by atoms with Crippen LogP contribution in [0.4, 0.5) is 0 Å². The number of rotatable bonds is 6. The van der Waals surface area contributed by atoms with E-state index in [1.165, 1.54) is 9.87 Å². The predicted octanol–water partition coefficient (Wildman–Crippen LogP) is 2.47. The average molecular weight is 403 g/mol. The minimum atomic E-state index is -3.56. The molecular weight excluding hydrogens is 376 g/mol. The first-order valence-electron chi connectivity index (χ1n) is 9.37. The first-order chi connectivity index (χ1) is 13.4. The van der Waals surface area contributed by atoms with Gasteiger partial charge < -0.3 is 9.64 Å². The molecule has 1 fully saturated rings. The number of piperazine rings is 1. The Morgan fingerprint density at radius 3 is 2.14 bits per heavy atom. The molecule has 0 saturated carbocycles. The number of methoxy groups -OCH3 is 1. The maximum absolute atomic E-state index is 12.8. The van der Waals surface area contributed by atoms with Gasteiger partial charge in [-0.15, -0.1) is 0 Å². The van der Waals surface area contributed by atoms with Crippen LogP contribution in [0.1, 0.15) is 17.5 Å². The summed E-state index contributed by atoms with van der Waals surface area (Å²) in [5, 5.41) is 0. The Kier molecular flexibility index (Phi) is 6.36. The molecule has 0 N–H and O–H groups in total. The first-order valence-corrected chi connectivity index (χ1v) is 10.8. The smallest absolute Gasteiger partial charge is 0.243 e. The van der Waals surface area contributed by atoms with Crippen molar-refractivity contribution in [3.05, 3.63) is 59.7 Å². The summed E-state index contributed by atoms with van der Waals surface area (Å²) < 4.78 is 32.1. The molecule has 0 bridgehead atoms. The van der Waals surface area contributed by atoms with Crippen molar-refractivity contribution in [3.8, 4) is 5.75 Å². The fraction of sp³-hybridized carbons (Fsp3) is 0.381. The second-order valence-electron chi connectivity index (χ2n) is 6.95. The van der Waals surface area contributed by atoms with Crippen LogP contribution in [0.15, 0.2) is 53.4 Å². The van der Waals surface area contributed by atoms with Crippen LogP contribution >= 0.6 is 0 Å². The number of amides is 1. The van der Waals surface area contributed by atoms with Gasteiger partial charge in [-0.1, -0.05) is 29.8 Å². The quantitative estimate of drug-likeness (QED) is 0.745. The van der Waals surface area contributed by atoms with E-state index in [2.05, 4.69) is 0 Å². The number of ether oxygens (including phenoxy) is 1. The fourth-order valence-electron chi connectivity index (χ4n) is 3.24.